The first-order valence-electron chi connectivity index (χ1n) is 17.4. The third-order valence-corrected chi connectivity index (χ3v) is 13.2. The van der Waals surface area contributed by atoms with Crippen molar-refractivity contribution in [2.24, 2.45) is 35.5 Å². The summed E-state index contributed by atoms with van der Waals surface area (Å²) in [5.74, 6) is 5.40. The van der Waals surface area contributed by atoms with Gasteiger partial charge in [-0.15, -0.1) is 0 Å². The van der Waals surface area contributed by atoms with Gasteiger partial charge < -0.3 is 0 Å². The van der Waals surface area contributed by atoms with Gasteiger partial charge in [-0.25, -0.2) is 0 Å². The van der Waals surface area contributed by atoms with Crippen LogP contribution in [0.2, 0.25) is 0 Å². The fraction of sp³-hybridized carbons (Fsp3) is 0.395. The number of rotatable bonds is 0. The van der Waals surface area contributed by atoms with Crippen molar-refractivity contribution in [3.63, 3.8) is 0 Å². The summed E-state index contributed by atoms with van der Waals surface area (Å²) in [6.45, 7) is 2.28. The van der Waals surface area contributed by atoms with Gasteiger partial charge in [-0.1, -0.05) is 84.4 Å². The van der Waals surface area contributed by atoms with Crippen molar-refractivity contribution in [1.29, 1.82) is 0 Å². The summed E-state index contributed by atoms with van der Waals surface area (Å²) in [6.07, 6.45) is 13.9. The van der Waals surface area contributed by atoms with Crippen LogP contribution >= 0.6 is 0 Å². The largest absolute Gasteiger partial charge is 0.0616 e. The Kier molecular flexibility index (Phi) is 5.41. The van der Waals surface area contributed by atoms with Crippen molar-refractivity contribution in [2.75, 3.05) is 0 Å². The first-order valence-corrected chi connectivity index (χ1v) is 17.4. The fourth-order valence-electron chi connectivity index (χ4n) is 11.2. The topological polar surface area (TPSA) is 0 Å². The molecule has 6 atom stereocenters. The molecule has 0 saturated heterocycles. The molecule has 0 aliphatic heterocycles. The van der Waals surface area contributed by atoms with Crippen molar-refractivity contribution in [2.45, 2.75) is 71.1 Å². The number of hydrogen-bond acceptors (Lipinski definition) is 0. The standard InChI is InChI=1S/C43H42/c1-25-12-17-38-41(18-25)43-35-9-3-2-8-34(35)42(38)36-10-4-6-30-21-32-19-26(13-15-28(32)23-39(30)36)27-14-16-29-24-40-31(22-33(29)20-27)7-5-11-37(40)43/h2-12,17-18,26-29,32-33H,13-16,19-24H2,1H3. The molecule has 11 aliphatic carbocycles. The molecule has 0 radical (unpaired) electrons. The highest BCUT2D eigenvalue weighted by Gasteiger charge is 2.42. The number of hydrogen-bond donors (Lipinski definition) is 0. The quantitative estimate of drug-likeness (QED) is 0.166. The molecule has 0 spiro atoms. The first kappa shape index (κ1) is 25.0. The Morgan fingerprint density at radius 2 is 0.953 bits per heavy atom. The van der Waals surface area contributed by atoms with Crippen LogP contribution in [0.1, 0.15) is 66.3 Å². The Balaban J connectivity index is 1.34. The normalized spacial score (nSPS) is 28.6. The highest BCUT2D eigenvalue weighted by atomic mass is 14.5. The molecule has 6 unspecified atom stereocenters. The lowest BCUT2D eigenvalue weighted by Crippen LogP contribution is -2.38. The molecule has 0 heterocycles. The van der Waals surface area contributed by atoms with E-state index in [1.807, 2.05) is 0 Å². The third-order valence-electron chi connectivity index (χ3n) is 13.2. The molecule has 16 rings (SSSR count). The van der Waals surface area contributed by atoms with Gasteiger partial charge in [0.1, 0.15) is 0 Å². The maximum Gasteiger partial charge on any atom is -0.00234 e. The van der Waals surface area contributed by atoms with Gasteiger partial charge in [-0.05, 0) is 173 Å². The van der Waals surface area contributed by atoms with Gasteiger partial charge in [0, 0.05) is 0 Å². The molecule has 0 heteroatoms. The average molecular weight is 559 g/mol. The second kappa shape index (κ2) is 9.31. The zero-order valence-electron chi connectivity index (χ0n) is 25.5. The van der Waals surface area contributed by atoms with Gasteiger partial charge in [0.15, 0.2) is 0 Å². The zero-order valence-corrected chi connectivity index (χ0v) is 25.5. The van der Waals surface area contributed by atoms with Crippen molar-refractivity contribution < 1.29 is 0 Å². The minimum Gasteiger partial charge on any atom is -0.0616 e. The van der Waals surface area contributed by atoms with Gasteiger partial charge in [0.05, 0.1) is 0 Å². The molecule has 0 nitrogen and oxygen atoms in total. The van der Waals surface area contributed by atoms with Gasteiger partial charge in [-0.3, -0.25) is 0 Å². The van der Waals surface area contributed by atoms with Crippen molar-refractivity contribution in [3.05, 3.63) is 107 Å². The average Bonchev–Trinajstić information content (AvgIpc) is 3.04. The van der Waals surface area contributed by atoms with E-state index in [-0.39, 0.29) is 0 Å². The Bertz CT molecular complexity index is 1940. The van der Waals surface area contributed by atoms with E-state index in [4.69, 9.17) is 0 Å². The maximum atomic E-state index is 2.50. The lowest BCUT2D eigenvalue weighted by Gasteiger charge is -2.47. The number of aryl methyl sites for hydroxylation is 1. The Morgan fingerprint density at radius 3 is 1.53 bits per heavy atom. The molecule has 5 aromatic carbocycles. The fourth-order valence-corrected chi connectivity index (χ4v) is 11.2. The predicted octanol–water partition coefficient (Wildman–Crippen LogP) is 10.9. The molecule has 0 N–H and O–H groups in total. The van der Waals surface area contributed by atoms with E-state index in [1.54, 1.807) is 22.3 Å². The summed E-state index contributed by atoms with van der Waals surface area (Å²) >= 11 is 0. The minimum atomic E-state index is 0.857. The molecule has 43 heavy (non-hydrogen) atoms. The van der Waals surface area contributed by atoms with Gasteiger partial charge >= 0.3 is 0 Å². The van der Waals surface area contributed by atoms with Crippen LogP contribution in [0.4, 0.5) is 0 Å². The highest BCUT2D eigenvalue weighted by molar-refractivity contribution is 6.22. The lowest BCUT2D eigenvalue weighted by atomic mass is 9.58. The Morgan fingerprint density at radius 1 is 0.442 bits per heavy atom. The molecule has 5 aromatic rings. The molecular weight excluding hydrogens is 516 g/mol. The SMILES string of the molecule is Cc1ccc2c3c4ccccc4c(c2c1)-c1cccc2c1CC1CCC(CC1C2)C1CCC2Cc4c(cccc4-3)CC2C1. The van der Waals surface area contributed by atoms with Crippen LogP contribution in [0, 0.1) is 42.4 Å². The van der Waals surface area contributed by atoms with Crippen molar-refractivity contribution >= 4 is 21.5 Å². The van der Waals surface area contributed by atoms with Crippen molar-refractivity contribution in [3.8, 4) is 22.3 Å². The van der Waals surface area contributed by atoms with Crippen LogP contribution in [0.15, 0.2) is 78.9 Å². The smallest absolute Gasteiger partial charge is 0.00234 e. The molecule has 0 aromatic heterocycles. The van der Waals surface area contributed by atoms with E-state index in [2.05, 4.69) is 85.8 Å². The van der Waals surface area contributed by atoms with Gasteiger partial charge in [-0.2, -0.15) is 0 Å². The van der Waals surface area contributed by atoms with Crippen LogP contribution in [0.25, 0.3) is 43.8 Å². The van der Waals surface area contributed by atoms with E-state index < -0.39 is 0 Å². The Labute approximate surface area is 256 Å². The maximum absolute atomic E-state index is 2.50. The lowest BCUT2D eigenvalue weighted by molar-refractivity contribution is 0.0698. The summed E-state index contributed by atoms with van der Waals surface area (Å²) in [5, 5.41) is 5.75. The summed E-state index contributed by atoms with van der Waals surface area (Å²) in [6, 6.07) is 31.4. The molecule has 214 valence electrons. The summed E-state index contributed by atoms with van der Waals surface area (Å²) < 4.78 is 0. The van der Waals surface area contributed by atoms with E-state index >= 15 is 0 Å². The minimum absolute atomic E-state index is 0.857. The second-order valence-electron chi connectivity index (χ2n) is 15.2. The van der Waals surface area contributed by atoms with E-state index in [0.29, 0.717) is 0 Å². The number of benzene rings is 5. The monoisotopic (exact) mass is 558 g/mol. The Hall–Kier alpha value is -3.38. The zero-order chi connectivity index (χ0) is 28.2. The van der Waals surface area contributed by atoms with E-state index in [0.717, 1.165) is 35.5 Å². The molecule has 11 aliphatic rings. The summed E-state index contributed by atoms with van der Waals surface area (Å²) in [5.41, 5.74) is 13.9. The van der Waals surface area contributed by atoms with Crippen LogP contribution < -0.4 is 0 Å². The molecule has 2 fully saturated rings. The first-order chi connectivity index (χ1) is 21.2. The van der Waals surface area contributed by atoms with Crippen LogP contribution in [-0.2, 0) is 25.7 Å². The van der Waals surface area contributed by atoms with Gasteiger partial charge in [0.25, 0.3) is 0 Å². The molecule has 0 amide bonds. The van der Waals surface area contributed by atoms with E-state index in [1.165, 1.54) is 114 Å². The van der Waals surface area contributed by atoms with E-state index in [9.17, 15) is 0 Å². The van der Waals surface area contributed by atoms with Crippen LogP contribution in [0.3, 0.4) is 0 Å². The van der Waals surface area contributed by atoms with Gasteiger partial charge in [0.2, 0.25) is 0 Å². The second-order valence-corrected chi connectivity index (χ2v) is 15.2. The van der Waals surface area contributed by atoms with Crippen LogP contribution in [-0.4, -0.2) is 0 Å². The molecule has 2 saturated carbocycles. The summed E-state index contributed by atoms with van der Waals surface area (Å²) in [4.78, 5) is 0. The third kappa shape index (κ3) is 3.68. The highest BCUT2D eigenvalue weighted by Crippen LogP contribution is 2.54. The van der Waals surface area contributed by atoms with Crippen LogP contribution in [0.5, 0.6) is 0 Å². The molecule has 14 bridgehead atoms. The van der Waals surface area contributed by atoms with Crippen molar-refractivity contribution in [1.82, 2.24) is 0 Å². The predicted molar refractivity (Wildman–Crippen MR) is 181 cm³/mol. The summed E-state index contributed by atoms with van der Waals surface area (Å²) in [7, 11) is 0. The molecular formula is C43H42.